The average Bonchev–Trinajstić information content (AvgIpc) is 2.98. The standard InChI is InChI=1S/C19H21N3O2/c1-3-8-15-18(22-12-7-6-11-17(22)21-15)19(23)20-13-14-9-4-5-10-16(14)24-2/h4-7,9-12H,3,8,13H2,1-2H3,(H,20,23). The van der Waals surface area contributed by atoms with Crippen LogP contribution in [0.2, 0.25) is 0 Å². The van der Waals surface area contributed by atoms with Gasteiger partial charge in [0.05, 0.1) is 12.8 Å². The summed E-state index contributed by atoms with van der Waals surface area (Å²) >= 11 is 0. The molecule has 1 N–H and O–H groups in total. The predicted molar refractivity (Wildman–Crippen MR) is 93.4 cm³/mol. The third-order valence-electron chi connectivity index (χ3n) is 3.94. The molecule has 0 aliphatic heterocycles. The molecule has 0 spiro atoms. The van der Waals surface area contributed by atoms with E-state index in [-0.39, 0.29) is 5.91 Å². The minimum Gasteiger partial charge on any atom is -0.496 e. The molecule has 1 amide bonds. The van der Waals surface area contributed by atoms with Gasteiger partial charge >= 0.3 is 0 Å². The fraction of sp³-hybridized carbons (Fsp3) is 0.263. The molecule has 0 atom stereocenters. The maximum absolute atomic E-state index is 12.8. The molecule has 0 aliphatic carbocycles. The Morgan fingerprint density at radius 1 is 1.21 bits per heavy atom. The van der Waals surface area contributed by atoms with E-state index >= 15 is 0 Å². The van der Waals surface area contributed by atoms with Gasteiger partial charge in [-0.25, -0.2) is 4.98 Å². The number of imidazole rings is 1. The highest BCUT2D eigenvalue weighted by molar-refractivity contribution is 5.94. The fourth-order valence-corrected chi connectivity index (χ4v) is 2.80. The molecule has 3 aromatic rings. The number of aromatic nitrogens is 2. The second-order valence-corrected chi connectivity index (χ2v) is 5.58. The Hall–Kier alpha value is -2.82. The van der Waals surface area contributed by atoms with E-state index in [2.05, 4.69) is 17.2 Å². The van der Waals surface area contributed by atoms with Gasteiger partial charge in [0.2, 0.25) is 0 Å². The summed E-state index contributed by atoms with van der Waals surface area (Å²) in [5, 5.41) is 2.99. The summed E-state index contributed by atoms with van der Waals surface area (Å²) in [6.45, 7) is 2.50. The first-order valence-corrected chi connectivity index (χ1v) is 8.10. The van der Waals surface area contributed by atoms with Gasteiger partial charge in [0.1, 0.15) is 17.1 Å². The van der Waals surface area contributed by atoms with Crippen LogP contribution in [0.25, 0.3) is 5.65 Å². The average molecular weight is 323 g/mol. The van der Waals surface area contributed by atoms with Crippen molar-refractivity contribution in [3.63, 3.8) is 0 Å². The van der Waals surface area contributed by atoms with Crippen LogP contribution >= 0.6 is 0 Å². The summed E-state index contributed by atoms with van der Waals surface area (Å²) in [7, 11) is 1.63. The van der Waals surface area contributed by atoms with Crippen LogP contribution in [0.5, 0.6) is 5.75 Å². The lowest BCUT2D eigenvalue weighted by Gasteiger charge is -2.10. The molecule has 2 aromatic heterocycles. The molecule has 0 saturated carbocycles. The molecule has 124 valence electrons. The van der Waals surface area contributed by atoms with Crippen molar-refractivity contribution in [2.24, 2.45) is 0 Å². The lowest BCUT2D eigenvalue weighted by Crippen LogP contribution is -2.25. The molecule has 24 heavy (non-hydrogen) atoms. The number of carbonyl (C=O) groups is 1. The zero-order chi connectivity index (χ0) is 16.9. The van der Waals surface area contributed by atoms with E-state index in [4.69, 9.17) is 4.74 Å². The number of nitrogens with zero attached hydrogens (tertiary/aromatic N) is 2. The first-order valence-electron chi connectivity index (χ1n) is 8.10. The number of aryl methyl sites for hydroxylation is 1. The third kappa shape index (κ3) is 3.11. The SMILES string of the molecule is CCCc1nc2ccccn2c1C(=O)NCc1ccccc1OC. The van der Waals surface area contributed by atoms with Crippen molar-refractivity contribution in [1.82, 2.24) is 14.7 Å². The minimum absolute atomic E-state index is 0.122. The van der Waals surface area contributed by atoms with Crippen LogP contribution in [0.3, 0.4) is 0 Å². The van der Waals surface area contributed by atoms with Crippen LogP contribution in [-0.2, 0) is 13.0 Å². The maximum atomic E-state index is 12.8. The molecular weight excluding hydrogens is 302 g/mol. The quantitative estimate of drug-likeness (QED) is 0.758. The number of fused-ring (bicyclic) bond motifs is 1. The zero-order valence-electron chi connectivity index (χ0n) is 14.0. The number of rotatable bonds is 6. The summed E-state index contributed by atoms with van der Waals surface area (Å²) in [6, 6.07) is 13.4. The lowest BCUT2D eigenvalue weighted by atomic mass is 10.2. The Kier molecular flexibility index (Phi) is 4.79. The van der Waals surface area contributed by atoms with Crippen molar-refractivity contribution >= 4 is 11.6 Å². The molecular formula is C19H21N3O2. The first kappa shape index (κ1) is 16.1. The van der Waals surface area contributed by atoms with Gasteiger partial charge in [0.15, 0.2) is 0 Å². The van der Waals surface area contributed by atoms with E-state index in [1.165, 1.54) is 0 Å². The summed E-state index contributed by atoms with van der Waals surface area (Å²) in [6.07, 6.45) is 3.59. The smallest absolute Gasteiger partial charge is 0.270 e. The number of pyridine rings is 1. The van der Waals surface area contributed by atoms with Crippen molar-refractivity contribution in [3.05, 3.63) is 65.6 Å². The summed E-state index contributed by atoms with van der Waals surface area (Å²) < 4.78 is 7.18. The molecule has 0 aliphatic rings. The van der Waals surface area contributed by atoms with E-state index < -0.39 is 0 Å². The number of methoxy groups -OCH3 is 1. The highest BCUT2D eigenvalue weighted by atomic mass is 16.5. The Morgan fingerprint density at radius 2 is 2.00 bits per heavy atom. The van der Waals surface area contributed by atoms with Gasteiger partial charge in [-0.15, -0.1) is 0 Å². The third-order valence-corrected chi connectivity index (χ3v) is 3.94. The van der Waals surface area contributed by atoms with Crippen molar-refractivity contribution in [3.8, 4) is 5.75 Å². The van der Waals surface area contributed by atoms with Crippen LogP contribution in [0.15, 0.2) is 48.7 Å². The Balaban J connectivity index is 1.87. The number of hydrogen-bond donors (Lipinski definition) is 1. The number of ether oxygens (including phenoxy) is 1. The van der Waals surface area contributed by atoms with Crippen LogP contribution < -0.4 is 10.1 Å². The van der Waals surface area contributed by atoms with Gasteiger partial charge < -0.3 is 10.1 Å². The molecule has 1 aromatic carbocycles. The molecule has 0 unspecified atom stereocenters. The Labute approximate surface area is 141 Å². The monoisotopic (exact) mass is 323 g/mol. The van der Waals surface area contributed by atoms with E-state index in [1.54, 1.807) is 7.11 Å². The highest BCUT2D eigenvalue weighted by Crippen LogP contribution is 2.18. The molecule has 0 fully saturated rings. The van der Waals surface area contributed by atoms with Crippen LogP contribution in [-0.4, -0.2) is 22.4 Å². The highest BCUT2D eigenvalue weighted by Gasteiger charge is 2.18. The number of amides is 1. The van der Waals surface area contributed by atoms with Gasteiger partial charge in [-0.3, -0.25) is 9.20 Å². The van der Waals surface area contributed by atoms with Gasteiger partial charge in [0.25, 0.3) is 5.91 Å². The Bertz CT molecular complexity index is 855. The molecule has 0 saturated heterocycles. The molecule has 0 radical (unpaired) electrons. The van der Waals surface area contributed by atoms with Crippen LogP contribution in [0.1, 0.15) is 35.1 Å². The Morgan fingerprint density at radius 3 is 2.79 bits per heavy atom. The van der Waals surface area contributed by atoms with Crippen LogP contribution in [0, 0.1) is 0 Å². The van der Waals surface area contributed by atoms with Gasteiger partial charge in [-0.05, 0) is 24.6 Å². The van der Waals surface area contributed by atoms with Crippen molar-refractivity contribution in [2.45, 2.75) is 26.3 Å². The second-order valence-electron chi connectivity index (χ2n) is 5.58. The topological polar surface area (TPSA) is 55.6 Å². The number of carbonyl (C=O) groups excluding carboxylic acids is 1. The fourth-order valence-electron chi connectivity index (χ4n) is 2.80. The number of benzene rings is 1. The van der Waals surface area contributed by atoms with Crippen LogP contribution in [0.4, 0.5) is 0 Å². The molecule has 2 heterocycles. The summed E-state index contributed by atoms with van der Waals surface area (Å²) in [4.78, 5) is 17.4. The number of hydrogen-bond acceptors (Lipinski definition) is 3. The normalized spacial score (nSPS) is 10.8. The van der Waals surface area contributed by atoms with E-state index in [0.717, 1.165) is 35.5 Å². The largest absolute Gasteiger partial charge is 0.496 e. The van der Waals surface area contributed by atoms with Crippen molar-refractivity contribution < 1.29 is 9.53 Å². The minimum atomic E-state index is -0.122. The molecule has 3 rings (SSSR count). The molecule has 0 bridgehead atoms. The summed E-state index contributed by atoms with van der Waals surface area (Å²) in [5.41, 5.74) is 3.19. The zero-order valence-corrected chi connectivity index (χ0v) is 14.0. The first-order chi connectivity index (χ1) is 11.7. The van der Waals surface area contributed by atoms with E-state index in [0.29, 0.717) is 12.2 Å². The number of nitrogens with one attached hydrogen (secondary N) is 1. The van der Waals surface area contributed by atoms with E-state index in [9.17, 15) is 4.79 Å². The van der Waals surface area contributed by atoms with Crippen molar-refractivity contribution in [1.29, 1.82) is 0 Å². The lowest BCUT2D eigenvalue weighted by molar-refractivity contribution is 0.0943. The molecule has 5 nitrogen and oxygen atoms in total. The van der Waals surface area contributed by atoms with Gasteiger partial charge in [-0.2, -0.15) is 0 Å². The maximum Gasteiger partial charge on any atom is 0.270 e. The predicted octanol–water partition coefficient (Wildman–Crippen LogP) is 3.23. The van der Waals surface area contributed by atoms with Crippen molar-refractivity contribution in [2.75, 3.05) is 7.11 Å². The summed E-state index contributed by atoms with van der Waals surface area (Å²) in [5.74, 6) is 0.646. The van der Waals surface area contributed by atoms with Gasteiger partial charge in [0, 0.05) is 18.3 Å². The van der Waals surface area contributed by atoms with Gasteiger partial charge in [-0.1, -0.05) is 37.6 Å². The number of para-hydroxylation sites is 1. The van der Waals surface area contributed by atoms with E-state index in [1.807, 2.05) is 53.1 Å². The molecule has 5 heteroatoms. The second kappa shape index (κ2) is 7.17.